The van der Waals surface area contributed by atoms with Gasteiger partial charge in [-0.2, -0.15) is 5.10 Å². The highest BCUT2D eigenvalue weighted by Gasteiger charge is 2.04. The van der Waals surface area contributed by atoms with Crippen molar-refractivity contribution >= 4 is 23.0 Å². The van der Waals surface area contributed by atoms with E-state index in [2.05, 4.69) is 22.8 Å². The van der Waals surface area contributed by atoms with Crippen molar-refractivity contribution in [1.29, 1.82) is 0 Å². The number of rotatable bonds is 8. The van der Waals surface area contributed by atoms with E-state index in [1.165, 1.54) is 12.1 Å². The Hall–Kier alpha value is -1.53. The van der Waals surface area contributed by atoms with E-state index in [9.17, 15) is 4.39 Å². The van der Waals surface area contributed by atoms with Gasteiger partial charge in [0.15, 0.2) is 5.11 Å². The maximum atomic E-state index is 13.0. The molecule has 0 saturated heterocycles. The largest absolute Gasteiger partial charge is 0.383 e. The van der Waals surface area contributed by atoms with Crippen LogP contribution < -0.4 is 10.7 Å². The molecule has 0 aliphatic carbocycles. The fourth-order valence-electron chi connectivity index (χ4n) is 1.68. The monoisotopic (exact) mass is 311 g/mol. The highest BCUT2D eigenvalue weighted by molar-refractivity contribution is 7.80. The van der Waals surface area contributed by atoms with Gasteiger partial charge in [-0.3, -0.25) is 5.43 Å². The summed E-state index contributed by atoms with van der Waals surface area (Å²) in [6.07, 6.45) is 2.90. The third kappa shape index (κ3) is 7.15. The molecule has 6 heteroatoms. The number of ether oxygens (including phenoxy) is 1. The average molecular weight is 311 g/mol. The van der Waals surface area contributed by atoms with Crippen molar-refractivity contribution < 1.29 is 9.13 Å². The van der Waals surface area contributed by atoms with Crippen LogP contribution in [0.25, 0.3) is 0 Å². The first-order valence-corrected chi connectivity index (χ1v) is 7.43. The van der Waals surface area contributed by atoms with Crippen LogP contribution in [0.2, 0.25) is 0 Å². The van der Waals surface area contributed by atoms with Crippen LogP contribution in [0, 0.1) is 5.82 Å². The number of hydrogen-bond acceptors (Lipinski definition) is 3. The molecule has 21 heavy (non-hydrogen) atoms. The van der Waals surface area contributed by atoms with E-state index in [0.29, 0.717) is 18.3 Å². The molecule has 0 saturated carbocycles. The zero-order valence-electron chi connectivity index (χ0n) is 12.5. The average Bonchev–Trinajstić information content (AvgIpc) is 2.49. The van der Waals surface area contributed by atoms with Crippen LogP contribution in [-0.4, -0.2) is 31.1 Å². The van der Waals surface area contributed by atoms with Gasteiger partial charge in [0, 0.05) is 13.7 Å². The summed E-state index contributed by atoms with van der Waals surface area (Å²) >= 11 is 5.12. The molecule has 0 bridgehead atoms. The summed E-state index contributed by atoms with van der Waals surface area (Å²) in [5.74, 6) is -0.252. The number of unbranched alkanes of at least 4 members (excludes halogenated alkanes) is 1. The summed E-state index contributed by atoms with van der Waals surface area (Å²) in [7, 11) is 1.63. The molecule has 1 aromatic rings. The lowest BCUT2D eigenvalue weighted by Crippen LogP contribution is -2.34. The molecule has 0 fully saturated rings. The van der Waals surface area contributed by atoms with Gasteiger partial charge in [0.1, 0.15) is 5.82 Å². The van der Waals surface area contributed by atoms with Gasteiger partial charge in [-0.1, -0.05) is 25.5 Å². The molecule has 2 N–H and O–H groups in total. The molecule has 0 aliphatic heterocycles. The normalized spacial score (nSPS) is 11.3. The van der Waals surface area contributed by atoms with E-state index >= 15 is 0 Å². The number of methoxy groups -OCH3 is 1. The summed E-state index contributed by atoms with van der Waals surface area (Å²) < 4.78 is 17.9. The lowest BCUT2D eigenvalue weighted by Gasteiger charge is -2.10. The van der Waals surface area contributed by atoms with Crippen molar-refractivity contribution in [2.45, 2.75) is 26.2 Å². The van der Waals surface area contributed by atoms with Crippen molar-refractivity contribution in [3.05, 3.63) is 35.6 Å². The minimum Gasteiger partial charge on any atom is -0.383 e. The first-order valence-electron chi connectivity index (χ1n) is 7.02. The van der Waals surface area contributed by atoms with Crippen LogP contribution in [-0.2, 0) is 4.74 Å². The Morgan fingerprint density at radius 1 is 1.33 bits per heavy atom. The van der Waals surface area contributed by atoms with Gasteiger partial charge in [-0.15, -0.1) is 0 Å². The molecule has 1 rings (SSSR count). The molecule has 0 radical (unpaired) electrons. The van der Waals surface area contributed by atoms with E-state index in [1.807, 2.05) is 0 Å². The first kappa shape index (κ1) is 17.5. The smallest absolute Gasteiger partial charge is 0.187 e. The summed E-state index contributed by atoms with van der Waals surface area (Å²) in [5, 5.41) is 7.77. The zero-order chi connectivity index (χ0) is 15.5. The molecule has 4 nitrogen and oxygen atoms in total. The van der Waals surface area contributed by atoms with Gasteiger partial charge >= 0.3 is 0 Å². The number of thiocarbonyl (C=S) groups is 1. The Balaban J connectivity index is 2.65. The van der Waals surface area contributed by atoms with Crippen molar-refractivity contribution in [1.82, 2.24) is 10.7 Å². The highest BCUT2D eigenvalue weighted by Crippen LogP contribution is 2.09. The van der Waals surface area contributed by atoms with E-state index in [-0.39, 0.29) is 5.82 Å². The Morgan fingerprint density at radius 3 is 2.67 bits per heavy atom. The third-order valence-electron chi connectivity index (χ3n) is 2.83. The van der Waals surface area contributed by atoms with Crippen molar-refractivity contribution in [3.63, 3.8) is 0 Å². The molecular formula is C15H22FN3OS. The van der Waals surface area contributed by atoms with Crippen molar-refractivity contribution in [2.75, 3.05) is 20.3 Å². The molecule has 0 aliphatic rings. The van der Waals surface area contributed by atoms with Gasteiger partial charge in [-0.25, -0.2) is 4.39 Å². The molecule has 0 spiro atoms. The standard InChI is InChI=1S/C15H22FN3OS/c1-3-4-5-14(12-6-8-13(16)9-7-12)18-19-15(21)17-10-11-20-2/h6-9H,3-5,10-11H2,1-2H3,(H2,17,19,21)/b18-14-. The maximum absolute atomic E-state index is 13.0. The Bertz CT molecular complexity index is 462. The van der Waals surface area contributed by atoms with Gasteiger partial charge in [0.05, 0.1) is 12.3 Å². The Morgan fingerprint density at radius 2 is 2.05 bits per heavy atom. The Kier molecular flexibility index (Phi) is 8.54. The van der Waals surface area contributed by atoms with Crippen LogP contribution in [0.15, 0.2) is 29.4 Å². The summed E-state index contributed by atoms with van der Waals surface area (Å²) in [6.45, 7) is 3.32. The van der Waals surface area contributed by atoms with E-state index in [4.69, 9.17) is 17.0 Å². The zero-order valence-corrected chi connectivity index (χ0v) is 13.3. The van der Waals surface area contributed by atoms with E-state index in [1.54, 1.807) is 19.2 Å². The molecule has 0 atom stereocenters. The summed E-state index contributed by atoms with van der Waals surface area (Å²) in [5.41, 5.74) is 4.59. The predicted octanol–water partition coefficient (Wildman–Crippen LogP) is 2.83. The summed E-state index contributed by atoms with van der Waals surface area (Å²) in [4.78, 5) is 0. The highest BCUT2D eigenvalue weighted by atomic mass is 32.1. The van der Waals surface area contributed by atoms with Crippen LogP contribution in [0.3, 0.4) is 0 Å². The second-order valence-corrected chi connectivity index (χ2v) is 4.94. The van der Waals surface area contributed by atoms with Crippen molar-refractivity contribution in [3.8, 4) is 0 Å². The number of nitrogens with one attached hydrogen (secondary N) is 2. The van der Waals surface area contributed by atoms with Crippen LogP contribution in [0.4, 0.5) is 4.39 Å². The van der Waals surface area contributed by atoms with Gasteiger partial charge in [-0.05, 0) is 42.8 Å². The first-order chi connectivity index (χ1) is 10.2. The van der Waals surface area contributed by atoms with Gasteiger partial charge < -0.3 is 10.1 Å². The summed E-state index contributed by atoms with van der Waals surface area (Å²) in [6, 6.07) is 6.33. The molecule has 0 unspecified atom stereocenters. The molecule has 116 valence electrons. The number of benzene rings is 1. The lowest BCUT2D eigenvalue weighted by atomic mass is 10.1. The number of hydrogen-bond donors (Lipinski definition) is 2. The maximum Gasteiger partial charge on any atom is 0.187 e. The fourth-order valence-corrected chi connectivity index (χ4v) is 1.82. The number of nitrogens with zero attached hydrogens (tertiary/aromatic N) is 1. The number of halogens is 1. The topological polar surface area (TPSA) is 45.7 Å². The SMILES string of the molecule is CCCC/C(=N/NC(=S)NCCOC)c1ccc(F)cc1. The molecular weight excluding hydrogens is 289 g/mol. The Labute approximate surface area is 130 Å². The number of hydrazone groups is 1. The minimum absolute atomic E-state index is 0.252. The molecule has 0 amide bonds. The lowest BCUT2D eigenvalue weighted by molar-refractivity contribution is 0.204. The second-order valence-electron chi connectivity index (χ2n) is 4.53. The molecule has 0 heterocycles. The quantitative estimate of drug-likeness (QED) is 0.335. The van der Waals surface area contributed by atoms with Gasteiger partial charge in [0.2, 0.25) is 0 Å². The van der Waals surface area contributed by atoms with Crippen molar-refractivity contribution in [2.24, 2.45) is 5.10 Å². The van der Waals surface area contributed by atoms with Crippen LogP contribution >= 0.6 is 12.2 Å². The third-order valence-corrected chi connectivity index (χ3v) is 3.06. The minimum atomic E-state index is -0.252. The van der Waals surface area contributed by atoms with Gasteiger partial charge in [0.25, 0.3) is 0 Å². The van der Waals surface area contributed by atoms with E-state index < -0.39 is 0 Å². The van der Waals surface area contributed by atoms with Crippen LogP contribution in [0.1, 0.15) is 31.7 Å². The molecule has 1 aromatic carbocycles. The molecule has 0 aromatic heterocycles. The van der Waals surface area contributed by atoms with E-state index in [0.717, 1.165) is 30.5 Å². The fraction of sp³-hybridized carbons (Fsp3) is 0.467. The second kappa shape index (κ2) is 10.2. The van der Waals surface area contributed by atoms with Crippen LogP contribution in [0.5, 0.6) is 0 Å². The predicted molar refractivity (Wildman–Crippen MR) is 88.1 cm³/mol.